The van der Waals surface area contributed by atoms with Gasteiger partial charge in [0.15, 0.2) is 0 Å². The average Bonchev–Trinajstić information content (AvgIpc) is 2.27. The van der Waals surface area contributed by atoms with Gasteiger partial charge in [-0.05, 0) is 30.2 Å². The summed E-state index contributed by atoms with van der Waals surface area (Å²) in [4.78, 5) is 21.4. The second-order valence-electron chi connectivity index (χ2n) is 3.57. The van der Waals surface area contributed by atoms with E-state index < -0.39 is 10.8 Å². The van der Waals surface area contributed by atoms with Crippen LogP contribution in [0.4, 0.5) is 0 Å². The highest BCUT2D eigenvalue weighted by Gasteiger charge is 2.18. The molecule has 17 heavy (non-hydrogen) atoms. The molecule has 0 saturated carbocycles. The number of rotatable bonds is 4. The summed E-state index contributed by atoms with van der Waals surface area (Å²) in [5.41, 5.74) is 1.48. The van der Waals surface area contributed by atoms with Crippen LogP contribution in [0.3, 0.4) is 0 Å². The van der Waals surface area contributed by atoms with Gasteiger partial charge in [-0.25, -0.2) is 0 Å². The third kappa shape index (κ3) is 3.40. The summed E-state index contributed by atoms with van der Waals surface area (Å²) in [6.45, 7) is 1.41. The van der Waals surface area contributed by atoms with Crippen molar-refractivity contribution in [2.75, 3.05) is 0 Å². The Kier molecular flexibility index (Phi) is 4.41. The molecule has 0 aliphatic carbocycles. The maximum atomic E-state index is 11.3. The van der Waals surface area contributed by atoms with E-state index in [0.717, 1.165) is 0 Å². The van der Waals surface area contributed by atoms with Crippen LogP contribution in [0, 0.1) is 11.3 Å². The van der Waals surface area contributed by atoms with Gasteiger partial charge >= 0.3 is 5.97 Å². The summed E-state index contributed by atoms with van der Waals surface area (Å²) in [5.74, 6) is -1.11. The van der Waals surface area contributed by atoms with Gasteiger partial charge in [-0.1, -0.05) is 22.0 Å². The Morgan fingerprint density at radius 3 is 2.65 bits per heavy atom. The maximum Gasteiger partial charge on any atom is 0.307 e. The smallest absolute Gasteiger partial charge is 0.307 e. The molecule has 0 fully saturated rings. The molecule has 88 valence electrons. The standard InChI is InChI=1S/C12H10BrNO3/c1-7(15)12(13)10-4-8(6-14)2-3-9(10)5-11(16)17/h2-4,12H,5H2,1H3,(H,16,17). The Balaban J connectivity index is 3.26. The molecule has 5 heteroatoms. The number of halogens is 1. The molecule has 1 aromatic carbocycles. The first kappa shape index (κ1) is 13.4. The van der Waals surface area contributed by atoms with Crippen LogP contribution in [0.5, 0.6) is 0 Å². The summed E-state index contributed by atoms with van der Waals surface area (Å²) < 4.78 is 0. The number of ketones is 1. The van der Waals surface area contributed by atoms with Crippen molar-refractivity contribution in [3.8, 4) is 6.07 Å². The lowest BCUT2D eigenvalue weighted by Gasteiger charge is -2.12. The molecule has 0 aromatic heterocycles. The first-order valence-electron chi connectivity index (χ1n) is 4.85. The van der Waals surface area contributed by atoms with Crippen LogP contribution in [-0.2, 0) is 16.0 Å². The van der Waals surface area contributed by atoms with Crippen LogP contribution < -0.4 is 0 Å². The lowest BCUT2D eigenvalue weighted by Crippen LogP contribution is -2.09. The van der Waals surface area contributed by atoms with E-state index >= 15 is 0 Å². The first-order valence-corrected chi connectivity index (χ1v) is 5.76. The van der Waals surface area contributed by atoms with Crippen LogP contribution in [0.2, 0.25) is 0 Å². The number of carboxylic acid groups (broad SMARTS) is 1. The summed E-state index contributed by atoms with van der Waals surface area (Å²) >= 11 is 3.20. The quantitative estimate of drug-likeness (QED) is 0.864. The maximum absolute atomic E-state index is 11.3. The molecule has 1 aromatic rings. The molecule has 0 aliphatic rings. The number of alkyl halides is 1. The van der Waals surface area contributed by atoms with Gasteiger partial charge in [0.05, 0.1) is 22.9 Å². The van der Waals surface area contributed by atoms with E-state index in [-0.39, 0.29) is 12.2 Å². The zero-order valence-corrected chi connectivity index (χ0v) is 10.7. The molecule has 0 aliphatic heterocycles. The summed E-state index contributed by atoms with van der Waals surface area (Å²) in [7, 11) is 0. The lowest BCUT2D eigenvalue weighted by molar-refractivity contribution is -0.136. The fourth-order valence-corrected chi connectivity index (χ4v) is 1.87. The Morgan fingerprint density at radius 1 is 1.53 bits per heavy atom. The molecule has 4 nitrogen and oxygen atoms in total. The Bertz CT molecular complexity index is 505. The SMILES string of the molecule is CC(=O)C(Br)c1cc(C#N)ccc1CC(=O)O. The molecular weight excluding hydrogens is 286 g/mol. The third-order valence-corrected chi connectivity index (χ3v) is 3.38. The number of hydrogen-bond donors (Lipinski definition) is 1. The number of carbonyl (C=O) groups is 2. The van der Waals surface area contributed by atoms with E-state index in [0.29, 0.717) is 16.7 Å². The van der Waals surface area contributed by atoms with Gasteiger partial charge in [-0.2, -0.15) is 5.26 Å². The van der Waals surface area contributed by atoms with E-state index in [9.17, 15) is 9.59 Å². The summed E-state index contributed by atoms with van der Waals surface area (Å²) in [6.07, 6.45) is -0.170. The molecule has 1 N–H and O–H groups in total. The van der Waals surface area contributed by atoms with Crippen LogP contribution in [0.15, 0.2) is 18.2 Å². The predicted octanol–water partition coefficient (Wildman–Crippen LogP) is 2.21. The fraction of sp³-hybridized carbons (Fsp3) is 0.250. The van der Waals surface area contributed by atoms with Crippen molar-refractivity contribution in [2.24, 2.45) is 0 Å². The van der Waals surface area contributed by atoms with Gasteiger partial charge in [0, 0.05) is 0 Å². The van der Waals surface area contributed by atoms with E-state index in [1.54, 1.807) is 18.2 Å². The Labute approximate surface area is 107 Å². The van der Waals surface area contributed by atoms with Crippen LogP contribution in [0.25, 0.3) is 0 Å². The third-order valence-electron chi connectivity index (χ3n) is 2.25. The normalized spacial score (nSPS) is 11.6. The van der Waals surface area contributed by atoms with E-state index in [4.69, 9.17) is 10.4 Å². The summed E-state index contributed by atoms with van der Waals surface area (Å²) in [6, 6.07) is 6.61. The van der Waals surface area contributed by atoms with Crippen molar-refractivity contribution in [1.82, 2.24) is 0 Å². The molecule has 0 amide bonds. The van der Waals surface area contributed by atoms with E-state index in [1.807, 2.05) is 6.07 Å². The highest BCUT2D eigenvalue weighted by Crippen LogP contribution is 2.28. The van der Waals surface area contributed by atoms with Crippen molar-refractivity contribution in [2.45, 2.75) is 18.2 Å². The zero-order chi connectivity index (χ0) is 13.0. The number of nitriles is 1. The van der Waals surface area contributed by atoms with Crippen molar-refractivity contribution in [3.05, 3.63) is 34.9 Å². The first-order chi connectivity index (χ1) is 7.95. The number of aliphatic carboxylic acids is 1. The minimum absolute atomic E-state index is 0.133. The lowest BCUT2D eigenvalue weighted by atomic mass is 9.98. The molecule has 1 rings (SSSR count). The molecule has 1 atom stereocenters. The minimum Gasteiger partial charge on any atom is -0.481 e. The van der Waals surface area contributed by atoms with E-state index in [1.165, 1.54) is 6.92 Å². The highest BCUT2D eigenvalue weighted by molar-refractivity contribution is 9.09. The second-order valence-corrected chi connectivity index (χ2v) is 4.48. The number of hydrogen-bond acceptors (Lipinski definition) is 3. The molecule has 0 spiro atoms. The van der Waals surface area contributed by atoms with Crippen LogP contribution in [0.1, 0.15) is 28.4 Å². The molecule has 0 radical (unpaired) electrons. The number of benzene rings is 1. The highest BCUT2D eigenvalue weighted by atomic mass is 79.9. The summed E-state index contributed by atoms with van der Waals surface area (Å²) in [5, 5.41) is 17.6. The number of carbonyl (C=O) groups excluding carboxylic acids is 1. The van der Waals surface area contributed by atoms with Gasteiger partial charge in [-0.3, -0.25) is 9.59 Å². The van der Waals surface area contributed by atoms with E-state index in [2.05, 4.69) is 15.9 Å². The fourth-order valence-electron chi connectivity index (χ4n) is 1.44. The number of nitrogens with zero attached hydrogens (tertiary/aromatic N) is 1. The molecule has 0 bridgehead atoms. The van der Waals surface area contributed by atoms with Gasteiger partial charge in [0.1, 0.15) is 5.78 Å². The van der Waals surface area contributed by atoms with Gasteiger partial charge in [-0.15, -0.1) is 0 Å². The second kappa shape index (κ2) is 5.60. The largest absolute Gasteiger partial charge is 0.481 e. The molecule has 1 unspecified atom stereocenters. The van der Waals surface area contributed by atoms with Crippen molar-refractivity contribution in [3.63, 3.8) is 0 Å². The zero-order valence-electron chi connectivity index (χ0n) is 9.11. The Morgan fingerprint density at radius 2 is 2.18 bits per heavy atom. The van der Waals surface area contributed by atoms with Crippen LogP contribution >= 0.6 is 15.9 Å². The average molecular weight is 296 g/mol. The molecule has 0 saturated heterocycles. The van der Waals surface area contributed by atoms with Crippen molar-refractivity contribution in [1.29, 1.82) is 5.26 Å². The van der Waals surface area contributed by atoms with Crippen LogP contribution in [-0.4, -0.2) is 16.9 Å². The monoisotopic (exact) mass is 295 g/mol. The Hall–Kier alpha value is -1.67. The predicted molar refractivity (Wildman–Crippen MR) is 64.8 cm³/mol. The van der Waals surface area contributed by atoms with Crippen molar-refractivity contribution < 1.29 is 14.7 Å². The van der Waals surface area contributed by atoms with Gasteiger partial charge < -0.3 is 5.11 Å². The number of carboxylic acids is 1. The van der Waals surface area contributed by atoms with Crippen molar-refractivity contribution >= 4 is 27.7 Å². The molecular formula is C12H10BrNO3. The van der Waals surface area contributed by atoms with Gasteiger partial charge in [0.2, 0.25) is 0 Å². The topological polar surface area (TPSA) is 78.2 Å². The van der Waals surface area contributed by atoms with Gasteiger partial charge in [0.25, 0.3) is 0 Å². The number of Topliss-reactive ketones (excluding diaryl/α,β-unsaturated/α-hetero) is 1. The minimum atomic E-state index is -0.973. The molecule has 0 heterocycles.